The Bertz CT molecular complexity index is 417. The molecule has 0 atom stereocenters. The van der Waals surface area contributed by atoms with Gasteiger partial charge in [0.15, 0.2) is 5.69 Å². The van der Waals surface area contributed by atoms with Crippen LogP contribution in [0.3, 0.4) is 0 Å². The van der Waals surface area contributed by atoms with Gasteiger partial charge in [0.25, 0.3) is 5.91 Å². The fraction of sp³-hybridized carbons (Fsp3) is 0.615. The predicted molar refractivity (Wildman–Crippen MR) is 72.9 cm³/mol. The zero-order valence-electron chi connectivity index (χ0n) is 11.8. The maximum Gasteiger partial charge on any atom is 0.274 e. The topological polar surface area (TPSA) is 58.1 Å². The Morgan fingerprint density at radius 2 is 2.11 bits per heavy atom. The van der Waals surface area contributed by atoms with Gasteiger partial charge >= 0.3 is 0 Å². The second-order valence-corrected chi connectivity index (χ2v) is 4.49. The smallest absolute Gasteiger partial charge is 0.274 e. The number of rotatable bonds is 5. The molecule has 1 amide bonds. The molecule has 0 radical (unpaired) electrons. The summed E-state index contributed by atoms with van der Waals surface area (Å²) in [4.78, 5) is 22.6. The zero-order chi connectivity index (χ0) is 13.7. The van der Waals surface area contributed by atoms with Gasteiger partial charge in [-0.25, -0.2) is 9.97 Å². The molecular formula is C13H22N4O. The number of hydrogen-bond donors (Lipinski definition) is 1. The fourth-order valence-corrected chi connectivity index (χ4v) is 1.48. The summed E-state index contributed by atoms with van der Waals surface area (Å²) in [5, 5.41) is 3.13. The average molecular weight is 250 g/mol. The SMILES string of the molecule is CCNc1cnc(C(C)C)nc1C(=O)N(C)CC. The van der Waals surface area contributed by atoms with E-state index in [9.17, 15) is 4.79 Å². The number of carbonyl (C=O) groups is 1. The Kier molecular flexibility index (Phi) is 5.07. The van der Waals surface area contributed by atoms with E-state index in [2.05, 4.69) is 15.3 Å². The van der Waals surface area contributed by atoms with E-state index in [1.54, 1.807) is 18.1 Å². The molecule has 1 heterocycles. The maximum atomic E-state index is 12.2. The molecule has 1 aromatic rings. The van der Waals surface area contributed by atoms with Gasteiger partial charge in [0.2, 0.25) is 0 Å². The number of nitrogens with one attached hydrogen (secondary N) is 1. The van der Waals surface area contributed by atoms with E-state index in [0.29, 0.717) is 23.8 Å². The van der Waals surface area contributed by atoms with Gasteiger partial charge in [-0.3, -0.25) is 4.79 Å². The van der Waals surface area contributed by atoms with Crippen molar-refractivity contribution in [1.29, 1.82) is 0 Å². The summed E-state index contributed by atoms with van der Waals surface area (Å²) in [6.45, 7) is 9.34. The summed E-state index contributed by atoms with van der Waals surface area (Å²) in [7, 11) is 1.77. The minimum atomic E-state index is -0.0715. The van der Waals surface area contributed by atoms with Gasteiger partial charge in [-0.1, -0.05) is 13.8 Å². The molecule has 1 aromatic heterocycles. The van der Waals surface area contributed by atoms with Crippen molar-refractivity contribution >= 4 is 11.6 Å². The van der Waals surface area contributed by atoms with Gasteiger partial charge in [0.05, 0.1) is 11.9 Å². The third kappa shape index (κ3) is 3.18. The van der Waals surface area contributed by atoms with Crippen molar-refractivity contribution in [1.82, 2.24) is 14.9 Å². The second kappa shape index (κ2) is 6.33. The lowest BCUT2D eigenvalue weighted by Crippen LogP contribution is -2.28. The third-order valence-corrected chi connectivity index (χ3v) is 2.71. The van der Waals surface area contributed by atoms with Crippen LogP contribution in [0, 0.1) is 0 Å². The van der Waals surface area contributed by atoms with Crippen molar-refractivity contribution in [2.24, 2.45) is 0 Å². The molecule has 1 rings (SSSR count). The lowest BCUT2D eigenvalue weighted by Gasteiger charge is -2.17. The maximum absolute atomic E-state index is 12.2. The minimum absolute atomic E-state index is 0.0715. The average Bonchev–Trinajstić information content (AvgIpc) is 2.37. The van der Waals surface area contributed by atoms with Crippen LogP contribution in [0.4, 0.5) is 5.69 Å². The summed E-state index contributed by atoms with van der Waals surface area (Å²) < 4.78 is 0. The van der Waals surface area contributed by atoms with Gasteiger partial charge in [0.1, 0.15) is 5.82 Å². The Morgan fingerprint density at radius 1 is 1.44 bits per heavy atom. The molecule has 0 aromatic carbocycles. The Labute approximate surface area is 109 Å². The molecule has 0 saturated heterocycles. The van der Waals surface area contributed by atoms with E-state index >= 15 is 0 Å². The first kappa shape index (κ1) is 14.4. The Balaban J connectivity index is 3.18. The van der Waals surface area contributed by atoms with E-state index in [-0.39, 0.29) is 11.8 Å². The Morgan fingerprint density at radius 3 is 2.61 bits per heavy atom. The highest BCUT2D eigenvalue weighted by atomic mass is 16.2. The predicted octanol–water partition coefficient (Wildman–Crippen LogP) is 2.12. The molecule has 5 heteroatoms. The highest BCUT2D eigenvalue weighted by molar-refractivity contribution is 5.97. The Hall–Kier alpha value is -1.65. The summed E-state index contributed by atoms with van der Waals surface area (Å²) in [5.41, 5.74) is 1.16. The third-order valence-electron chi connectivity index (χ3n) is 2.71. The van der Waals surface area contributed by atoms with Crippen molar-refractivity contribution in [2.75, 3.05) is 25.5 Å². The molecule has 0 aliphatic rings. The van der Waals surface area contributed by atoms with E-state index in [1.165, 1.54) is 0 Å². The number of nitrogens with zero attached hydrogens (tertiary/aromatic N) is 3. The molecule has 1 N–H and O–H groups in total. The van der Waals surface area contributed by atoms with Crippen molar-refractivity contribution < 1.29 is 4.79 Å². The first-order valence-corrected chi connectivity index (χ1v) is 6.37. The van der Waals surface area contributed by atoms with Gasteiger partial charge in [-0.2, -0.15) is 0 Å². The summed E-state index contributed by atoms with van der Waals surface area (Å²) >= 11 is 0. The van der Waals surface area contributed by atoms with Crippen LogP contribution in [0.2, 0.25) is 0 Å². The van der Waals surface area contributed by atoms with Crippen LogP contribution < -0.4 is 5.32 Å². The molecule has 0 spiro atoms. The molecule has 5 nitrogen and oxygen atoms in total. The van der Waals surface area contributed by atoms with E-state index < -0.39 is 0 Å². The molecular weight excluding hydrogens is 228 g/mol. The zero-order valence-corrected chi connectivity index (χ0v) is 11.8. The highest BCUT2D eigenvalue weighted by Gasteiger charge is 2.18. The van der Waals surface area contributed by atoms with Gasteiger partial charge in [-0.05, 0) is 13.8 Å². The summed E-state index contributed by atoms with van der Waals surface area (Å²) in [6.07, 6.45) is 1.70. The van der Waals surface area contributed by atoms with Crippen molar-refractivity contribution in [3.63, 3.8) is 0 Å². The van der Waals surface area contributed by atoms with Gasteiger partial charge in [-0.15, -0.1) is 0 Å². The molecule has 0 bridgehead atoms. The second-order valence-electron chi connectivity index (χ2n) is 4.49. The number of amides is 1. The highest BCUT2D eigenvalue weighted by Crippen LogP contribution is 2.17. The van der Waals surface area contributed by atoms with Crippen molar-refractivity contribution in [3.05, 3.63) is 17.7 Å². The number of hydrogen-bond acceptors (Lipinski definition) is 4. The van der Waals surface area contributed by atoms with Crippen molar-refractivity contribution in [2.45, 2.75) is 33.6 Å². The largest absolute Gasteiger partial charge is 0.382 e. The van der Waals surface area contributed by atoms with E-state index in [0.717, 1.165) is 6.54 Å². The molecule has 18 heavy (non-hydrogen) atoms. The van der Waals surface area contributed by atoms with Crippen LogP contribution in [0.25, 0.3) is 0 Å². The number of aromatic nitrogens is 2. The summed E-state index contributed by atoms with van der Waals surface area (Å²) in [5.74, 6) is 0.835. The molecule has 0 aliphatic carbocycles. The molecule has 0 aliphatic heterocycles. The normalized spacial score (nSPS) is 10.6. The molecule has 0 fully saturated rings. The van der Waals surface area contributed by atoms with Crippen LogP contribution >= 0.6 is 0 Å². The van der Waals surface area contributed by atoms with Crippen LogP contribution in [-0.2, 0) is 0 Å². The minimum Gasteiger partial charge on any atom is -0.382 e. The van der Waals surface area contributed by atoms with E-state index in [4.69, 9.17) is 0 Å². The van der Waals surface area contributed by atoms with E-state index in [1.807, 2.05) is 27.7 Å². The molecule has 0 saturated carbocycles. The first-order chi connectivity index (χ1) is 8.51. The number of carbonyl (C=O) groups excluding carboxylic acids is 1. The number of anilines is 1. The van der Waals surface area contributed by atoms with Crippen LogP contribution in [0.1, 0.15) is 49.9 Å². The van der Waals surface area contributed by atoms with Gasteiger partial charge in [0, 0.05) is 26.1 Å². The first-order valence-electron chi connectivity index (χ1n) is 6.37. The monoisotopic (exact) mass is 250 g/mol. The lowest BCUT2D eigenvalue weighted by atomic mass is 10.2. The quantitative estimate of drug-likeness (QED) is 0.869. The van der Waals surface area contributed by atoms with Crippen molar-refractivity contribution in [3.8, 4) is 0 Å². The van der Waals surface area contributed by atoms with Crippen LogP contribution in [-0.4, -0.2) is 40.9 Å². The van der Waals surface area contributed by atoms with Crippen LogP contribution in [0.5, 0.6) is 0 Å². The summed E-state index contributed by atoms with van der Waals surface area (Å²) in [6, 6.07) is 0. The molecule has 100 valence electrons. The van der Waals surface area contributed by atoms with Crippen LogP contribution in [0.15, 0.2) is 6.20 Å². The lowest BCUT2D eigenvalue weighted by molar-refractivity contribution is 0.0797. The standard InChI is InChI=1S/C13H22N4O/c1-6-14-10-8-15-12(9(3)4)16-11(10)13(18)17(5)7-2/h8-9,14H,6-7H2,1-5H3. The fourth-order valence-electron chi connectivity index (χ4n) is 1.48. The van der Waals surface area contributed by atoms with Gasteiger partial charge < -0.3 is 10.2 Å². The molecule has 0 unspecified atom stereocenters.